The Morgan fingerprint density at radius 2 is 2.40 bits per heavy atom. The Morgan fingerprint density at radius 1 is 1.70 bits per heavy atom. The zero-order valence-electron chi connectivity index (χ0n) is 5.46. The minimum absolute atomic E-state index is 0.196. The SMILES string of the molecule is NCCC1=C(O)C(=O)OC1. The maximum absolute atomic E-state index is 10.5. The van der Waals surface area contributed by atoms with Gasteiger partial charge in [0.25, 0.3) is 0 Å². The number of aliphatic hydroxyl groups excluding tert-OH is 1. The lowest BCUT2D eigenvalue weighted by Crippen LogP contribution is -2.02. The number of rotatable bonds is 2. The number of esters is 1. The molecule has 0 unspecified atom stereocenters. The molecule has 0 saturated heterocycles. The van der Waals surface area contributed by atoms with E-state index in [4.69, 9.17) is 10.8 Å². The van der Waals surface area contributed by atoms with Gasteiger partial charge in [0.2, 0.25) is 5.76 Å². The molecule has 0 atom stereocenters. The number of carbonyl (C=O) groups is 1. The summed E-state index contributed by atoms with van der Waals surface area (Å²) in [5.74, 6) is -0.895. The molecule has 0 aromatic rings. The molecule has 0 bridgehead atoms. The molecule has 56 valence electrons. The molecular formula is C6H9NO3. The molecule has 0 aromatic carbocycles. The first-order valence-electron chi connectivity index (χ1n) is 3.04. The van der Waals surface area contributed by atoms with Gasteiger partial charge >= 0.3 is 5.97 Å². The van der Waals surface area contributed by atoms with Gasteiger partial charge in [-0.05, 0) is 13.0 Å². The van der Waals surface area contributed by atoms with Gasteiger partial charge in [-0.1, -0.05) is 0 Å². The number of carbonyl (C=O) groups excluding carboxylic acids is 1. The van der Waals surface area contributed by atoms with E-state index in [-0.39, 0.29) is 12.4 Å². The highest BCUT2D eigenvalue weighted by atomic mass is 16.6. The van der Waals surface area contributed by atoms with Crippen molar-refractivity contribution in [2.45, 2.75) is 6.42 Å². The molecule has 0 aromatic heterocycles. The van der Waals surface area contributed by atoms with Crippen LogP contribution in [0.25, 0.3) is 0 Å². The summed E-state index contributed by atoms with van der Waals surface area (Å²) in [5, 5.41) is 8.94. The van der Waals surface area contributed by atoms with Gasteiger partial charge in [-0.2, -0.15) is 0 Å². The summed E-state index contributed by atoms with van der Waals surface area (Å²) in [6.07, 6.45) is 0.525. The third-order valence-electron chi connectivity index (χ3n) is 1.35. The number of aliphatic hydroxyl groups is 1. The Hall–Kier alpha value is -1.03. The number of cyclic esters (lactones) is 1. The van der Waals surface area contributed by atoms with Gasteiger partial charge in [-0.15, -0.1) is 0 Å². The molecule has 0 saturated carbocycles. The van der Waals surface area contributed by atoms with Gasteiger partial charge in [-0.25, -0.2) is 4.79 Å². The largest absolute Gasteiger partial charge is 0.502 e. The first kappa shape index (κ1) is 7.08. The predicted octanol–water partition coefficient (Wildman–Crippen LogP) is -0.296. The summed E-state index contributed by atoms with van der Waals surface area (Å²) in [7, 11) is 0. The first-order chi connectivity index (χ1) is 4.75. The summed E-state index contributed by atoms with van der Waals surface area (Å²) in [4.78, 5) is 10.5. The molecule has 10 heavy (non-hydrogen) atoms. The molecule has 4 nitrogen and oxygen atoms in total. The lowest BCUT2D eigenvalue weighted by atomic mass is 10.2. The third-order valence-corrected chi connectivity index (χ3v) is 1.35. The van der Waals surface area contributed by atoms with Crippen LogP contribution in [0.15, 0.2) is 11.3 Å². The Balaban J connectivity index is 2.65. The van der Waals surface area contributed by atoms with Crippen molar-refractivity contribution in [2.75, 3.05) is 13.2 Å². The molecule has 1 rings (SSSR count). The van der Waals surface area contributed by atoms with Crippen molar-refractivity contribution >= 4 is 5.97 Å². The second kappa shape index (κ2) is 2.70. The van der Waals surface area contributed by atoms with Crippen LogP contribution in [0.5, 0.6) is 0 Å². The maximum Gasteiger partial charge on any atom is 0.373 e. The van der Waals surface area contributed by atoms with Crippen LogP contribution in [0, 0.1) is 0 Å². The van der Waals surface area contributed by atoms with Gasteiger partial charge < -0.3 is 15.6 Å². The van der Waals surface area contributed by atoms with Crippen LogP contribution in [0.2, 0.25) is 0 Å². The summed E-state index contributed by atoms with van der Waals surface area (Å²) in [6, 6.07) is 0. The average Bonchev–Trinajstić information content (AvgIpc) is 2.20. The van der Waals surface area contributed by atoms with Crippen molar-refractivity contribution in [3.8, 4) is 0 Å². The summed E-state index contributed by atoms with van der Waals surface area (Å²) in [5.41, 5.74) is 5.81. The highest BCUT2D eigenvalue weighted by molar-refractivity contribution is 5.88. The minimum Gasteiger partial charge on any atom is -0.502 e. The summed E-state index contributed by atoms with van der Waals surface area (Å²) < 4.78 is 4.51. The topological polar surface area (TPSA) is 72.5 Å². The fraction of sp³-hybridized carbons (Fsp3) is 0.500. The van der Waals surface area contributed by atoms with Crippen molar-refractivity contribution in [3.05, 3.63) is 11.3 Å². The second-order valence-corrected chi connectivity index (χ2v) is 2.07. The van der Waals surface area contributed by atoms with Crippen molar-refractivity contribution in [2.24, 2.45) is 5.73 Å². The van der Waals surface area contributed by atoms with Gasteiger partial charge in [0, 0.05) is 5.57 Å². The molecule has 0 radical (unpaired) electrons. The van der Waals surface area contributed by atoms with E-state index < -0.39 is 5.97 Å². The van der Waals surface area contributed by atoms with E-state index in [2.05, 4.69) is 4.74 Å². The first-order valence-corrected chi connectivity index (χ1v) is 3.04. The number of ether oxygens (including phenoxy) is 1. The molecule has 3 N–H and O–H groups in total. The van der Waals surface area contributed by atoms with E-state index in [1.165, 1.54) is 0 Å². The van der Waals surface area contributed by atoms with Crippen molar-refractivity contribution in [3.63, 3.8) is 0 Å². The van der Waals surface area contributed by atoms with E-state index in [9.17, 15) is 4.79 Å². The van der Waals surface area contributed by atoms with Gasteiger partial charge in [0.1, 0.15) is 6.61 Å². The molecule has 1 aliphatic rings. The highest BCUT2D eigenvalue weighted by Gasteiger charge is 2.22. The smallest absolute Gasteiger partial charge is 0.373 e. The van der Waals surface area contributed by atoms with Crippen LogP contribution < -0.4 is 5.73 Å². The minimum atomic E-state index is -0.636. The monoisotopic (exact) mass is 143 g/mol. The molecule has 0 aliphatic carbocycles. The lowest BCUT2D eigenvalue weighted by Gasteiger charge is -1.93. The third kappa shape index (κ3) is 1.11. The van der Waals surface area contributed by atoms with E-state index in [1.54, 1.807) is 0 Å². The predicted molar refractivity (Wildman–Crippen MR) is 34.3 cm³/mol. The van der Waals surface area contributed by atoms with E-state index in [1.807, 2.05) is 0 Å². The zero-order valence-corrected chi connectivity index (χ0v) is 5.46. The average molecular weight is 143 g/mol. The Kier molecular flexibility index (Phi) is 1.91. The van der Waals surface area contributed by atoms with Gasteiger partial charge in [0.05, 0.1) is 0 Å². The molecule has 4 heteroatoms. The summed E-state index contributed by atoms with van der Waals surface area (Å²) in [6.45, 7) is 0.623. The van der Waals surface area contributed by atoms with Crippen LogP contribution in [0.3, 0.4) is 0 Å². The molecule has 0 spiro atoms. The lowest BCUT2D eigenvalue weighted by molar-refractivity contribution is -0.138. The fourth-order valence-corrected chi connectivity index (χ4v) is 0.799. The van der Waals surface area contributed by atoms with E-state index >= 15 is 0 Å². The highest BCUT2D eigenvalue weighted by Crippen LogP contribution is 2.14. The number of hydrogen-bond acceptors (Lipinski definition) is 4. The van der Waals surface area contributed by atoms with Gasteiger partial charge in [-0.3, -0.25) is 0 Å². The van der Waals surface area contributed by atoms with Crippen molar-refractivity contribution in [1.29, 1.82) is 0 Å². The van der Waals surface area contributed by atoms with E-state index in [0.29, 0.717) is 18.5 Å². The van der Waals surface area contributed by atoms with Gasteiger partial charge in [0.15, 0.2) is 0 Å². The van der Waals surface area contributed by atoms with Crippen LogP contribution in [-0.4, -0.2) is 24.2 Å². The second-order valence-electron chi connectivity index (χ2n) is 2.07. The van der Waals surface area contributed by atoms with Crippen LogP contribution in [0.4, 0.5) is 0 Å². The van der Waals surface area contributed by atoms with Crippen LogP contribution >= 0.6 is 0 Å². The fourth-order valence-electron chi connectivity index (χ4n) is 0.799. The maximum atomic E-state index is 10.5. The molecule has 1 aliphatic heterocycles. The quantitative estimate of drug-likeness (QED) is 0.521. The molecule has 0 fully saturated rings. The number of hydrogen-bond donors (Lipinski definition) is 2. The Morgan fingerprint density at radius 3 is 2.80 bits per heavy atom. The molecule has 1 heterocycles. The summed E-state index contributed by atoms with van der Waals surface area (Å²) >= 11 is 0. The zero-order chi connectivity index (χ0) is 7.56. The normalized spacial score (nSPS) is 17.9. The van der Waals surface area contributed by atoms with E-state index in [0.717, 1.165) is 0 Å². The standard InChI is InChI=1S/C6H9NO3/c7-2-1-4-3-10-6(9)5(4)8/h8H,1-3,7H2. The molecular weight excluding hydrogens is 134 g/mol. The van der Waals surface area contributed by atoms with Crippen molar-refractivity contribution < 1.29 is 14.6 Å². The van der Waals surface area contributed by atoms with Crippen LogP contribution in [0.1, 0.15) is 6.42 Å². The van der Waals surface area contributed by atoms with Crippen molar-refractivity contribution in [1.82, 2.24) is 0 Å². The molecule has 0 amide bonds. The Bertz CT molecular complexity index is 185. The van der Waals surface area contributed by atoms with Crippen LogP contribution in [-0.2, 0) is 9.53 Å². The Labute approximate surface area is 58.3 Å². The number of nitrogens with two attached hydrogens (primary N) is 1.